The Labute approximate surface area is 78.7 Å². The van der Waals surface area contributed by atoms with Crippen LogP contribution in [0.3, 0.4) is 0 Å². The van der Waals surface area contributed by atoms with Crippen LogP contribution in [0.25, 0.3) is 0 Å². The molecule has 0 amide bonds. The van der Waals surface area contributed by atoms with Gasteiger partial charge in [0.15, 0.2) is 0 Å². The molecule has 0 saturated heterocycles. The fourth-order valence-electron chi connectivity index (χ4n) is 1.95. The van der Waals surface area contributed by atoms with Gasteiger partial charge in [-0.3, -0.25) is 0 Å². The van der Waals surface area contributed by atoms with Crippen molar-refractivity contribution < 1.29 is 4.74 Å². The summed E-state index contributed by atoms with van der Waals surface area (Å²) >= 11 is 0. The summed E-state index contributed by atoms with van der Waals surface area (Å²) in [5.74, 6) is 1.41. The van der Waals surface area contributed by atoms with E-state index >= 15 is 0 Å². The molecule has 2 heteroatoms. The highest BCUT2D eigenvalue weighted by molar-refractivity contribution is 5.40. The first-order chi connectivity index (χ1) is 6.20. The Morgan fingerprint density at radius 3 is 2.69 bits per heavy atom. The zero-order valence-electron chi connectivity index (χ0n) is 8.03. The number of rotatable bonds is 1. The van der Waals surface area contributed by atoms with E-state index in [1.54, 1.807) is 0 Å². The van der Waals surface area contributed by atoms with Crippen LogP contribution < -0.4 is 10.5 Å². The second-order valence-electron chi connectivity index (χ2n) is 3.77. The molecule has 13 heavy (non-hydrogen) atoms. The molecule has 2 nitrogen and oxygen atoms in total. The molecule has 0 fully saturated rings. The average Bonchev–Trinajstić information content (AvgIpc) is 2.45. The molecule has 0 aromatic heterocycles. The van der Waals surface area contributed by atoms with E-state index in [2.05, 4.69) is 13.0 Å². The fraction of sp³-hybridized carbons (Fsp3) is 0.455. The van der Waals surface area contributed by atoms with E-state index in [-0.39, 0.29) is 12.1 Å². The Kier molecular flexibility index (Phi) is 2.00. The summed E-state index contributed by atoms with van der Waals surface area (Å²) in [5, 5.41) is 0. The smallest absolute Gasteiger partial charge is 0.123 e. The van der Waals surface area contributed by atoms with Crippen LogP contribution in [0.1, 0.15) is 25.3 Å². The van der Waals surface area contributed by atoms with E-state index in [9.17, 15) is 0 Å². The molecule has 1 aromatic carbocycles. The number of hydrogen-bond donors (Lipinski definition) is 1. The summed E-state index contributed by atoms with van der Waals surface area (Å²) in [6.45, 7) is 4.16. The van der Waals surface area contributed by atoms with Gasteiger partial charge in [-0.25, -0.2) is 0 Å². The van der Waals surface area contributed by atoms with Crippen molar-refractivity contribution in [2.75, 3.05) is 0 Å². The predicted octanol–water partition coefficient (Wildman–Crippen LogP) is 1.90. The third kappa shape index (κ3) is 1.31. The minimum Gasteiger partial charge on any atom is -0.488 e. The minimum atomic E-state index is 0.0856. The molecule has 0 bridgehead atoms. The maximum Gasteiger partial charge on any atom is 0.123 e. The van der Waals surface area contributed by atoms with Gasteiger partial charge >= 0.3 is 0 Å². The normalized spacial score (nSPS) is 27.9. The lowest BCUT2D eigenvalue weighted by atomic mass is 9.94. The summed E-state index contributed by atoms with van der Waals surface area (Å²) in [6, 6.07) is 8.25. The van der Waals surface area contributed by atoms with Crippen molar-refractivity contribution in [3.8, 4) is 5.75 Å². The third-order valence-electron chi connectivity index (χ3n) is 2.68. The number of hydrogen-bond acceptors (Lipinski definition) is 2. The Bertz CT molecular complexity index is 309. The number of nitrogens with two attached hydrogens (primary N) is 1. The van der Waals surface area contributed by atoms with Crippen molar-refractivity contribution in [2.24, 2.45) is 5.73 Å². The zero-order chi connectivity index (χ0) is 9.42. The highest BCUT2D eigenvalue weighted by Crippen LogP contribution is 2.38. The molecule has 3 atom stereocenters. The average molecular weight is 177 g/mol. The van der Waals surface area contributed by atoms with Gasteiger partial charge in [0.05, 0.1) is 0 Å². The van der Waals surface area contributed by atoms with Gasteiger partial charge in [0.2, 0.25) is 0 Å². The lowest BCUT2D eigenvalue weighted by molar-refractivity contribution is 0.185. The van der Waals surface area contributed by atoms with Crippen molar-refractivity contribution in [3.05, 3.63) is 29.8 Å². The maximum atomic E-state index is 5.84. The van der Waals surface area contributed by atoms with E-state index in [1.807, 2.05) is 25.1 Å². The summed E-state index contributed by atoms with van der Waals surface area (Å²) in [4.78, 5) is 0. The van der Waals surface area contributed by atoms with Crippen LogP contribution in [0, 0.1) is 0 Å². The van der Waals surface area contributed by atoms with E-state index in [1.165, 1.54) is 5.56 Å². The minimum absolute atomic E-state index is 0.0856. The second-order valence-corrected chi connectivity index (χ2v) is 3.77. The molecular formula is C11H15NO. The lowest BCUT2D eigenvalue weighted by Crippen LogP contribution is -2.36. The molecule has 2 N–H and O–H groups in total. The van der Waals surface area contributed by atoms with Gasteiger partial charge in [0.25, 0.3) is 0 Å². The Balaban J connectivity index is 2.32. The van der Waals surface area contributed by atoms with Crippen molar-refractivity contribution >= 4 is 0 Å². The van der Waals surface area contributed by atoms with Crippen LogP contribution in [0.15, 0.2) is 24.3 Å². The second kappa shape index (κ2) is 3.04. The molecule has 0 saturated carbocycles. The first kappa shape index (κ1) is 8.57. The molecule has 0 aliphatic carbocycles. The van der Waals surface area contributed by atoms with Crippen LogP contribution in [-0.4, -0.2) is 12.1 Å². The van der Waals surface area contributed by atoms with Crippen molar-refractivity contribution in [2.45, 2.75) is 31.9 Å². The number of ether oxygens (including phenoxy) is 1. The summed E-state index contributed by atoms with van der Waals surface area (Å²) < 4.78 is 5.76. The van der Waals surface area contributed by atoms with Gasteiger partial charge in [0.1, 0.15) is 11.9 Å². The summed E-state index contributed by atoms with van der Waals surface area (Å²) in [6.07, 6.45) is 0.136. The van der Waals surface area contributed by atoms with Crippen LogP contribution >= 0.6 is 0 Å². The van der Waals surface area contributed by atoms with E-state index in [0.717, 1.165) is 5.75 Å². The largest absolute Gasteiger partial charge is 0.488 e. The molecule has 0 radical (unpaired) electrons. The number of benzene rings is 1. The summed E-state index contributed by atoms with van der Waals surface area (Å²) in [5.41, 5.74) is 7.12. The SMILES string of the molecule is C[C@@H]1c2ccccc2O[C@H]1[C@@H](C)N. The molecular weight excluding hydrogens is 162 g/mol. The molecule has 1 aliphatic rings. The lowest BCUT2D eigenvalue weighted by Gasteiger charge is -2.18. The van der Waals surface area contributed by atoms with Gasteiger partial charge in [0, 0.05) is 17.5 Å². The van der Waals surface area contributed by atoms with Gasteiger partial charge in [-0.1, -0.05) is 25.1 Å². The first-order valence-electron chi connectivity index (χ1n) is 4.71. The van der Waals surface area contributed by atoms with Crippen LogP contribution in [-0.2, 0) is 0 Å². The monoisotopic (exact) mass is 177 g/mol. The Morgan fingerprint density at radius 2 is 2.08 bits per heavy atom. The number of fused-ring (bicyclic) bond motifs is 1. The predicted molar refractivity (Wildman–Crippen MR) is 52.9 cm³/mol. The molecule has 2 rings (SSSR count). The zero-order valence-corrected chi connectivity index (χ0v) is 8.03. The topological polar surface area (TPSA) is 35.2 Å². The molecule has 1 aromatic rings. The number of para-hydroxylation sites is 1. The van der Waals surface area contributed by atoms with Crippen molar-refractivity contribution in [1.29, 1.82) is 0 Å². The highest BCUT2D eigenvalue weighted by atomic mass is 16.5. The van der Waals surface area contributed by atoms with E-state index in [0.29, 0.717) is 5.92 Å². The standard InChI is InChI=1S/C11H15NO/c1-7-9-5-3-4-6-10(9)13-11(7)8(2)12/h3-8,11H,12H2,1-2H3/t7-,8-,11-/m1/s1. The molecule has 1 aliphatic heterocycles. The third-order valence-corrected chi connectivity index (χ3v) is 2.68. The van der Waals surface area contributed by atoms with Gasteiger partial charge < -0.3 is 10.5 Å². The van der Waals surface area contributed by atoms with Crippen LogP contribution in [0.4, 0.5) is 0 Å². The molecule has 0 unspecified atom stereocenters. The van der Waals surface area contributed by atoms with E-state index in [4.69, 9.17) is 10.5 Å². The van der Waals surface area contributed by atoms with Gasteiger partial charge in [-0.15, -0.1) is 0 Å². The van der Waals surface area contributed by atoms with Gasteiger partial charge in [-0.2, -0.15) is 0 Å². The molecule has 1 heterocycles. The summed E-state index contributed by atoms with van der Waals surface area (Å²) in [7, 11) is 0. The van der Waals surface area contributed by atoms with Crippen molar-refractivity contribution in [1.82, 2.24) is 0 Å². The molecule has 70 valence electrons. The van der Waals surface area contributed by atoms with Crippen LogP contribution in [0.5, 0.6) is 5.75 Å². The van der Waals surface area contributed by atoms with Crippen molar-refractivity contribution in [3.63, 3.8) is 0 Å². The maximum absolute atomic E-state index is 5.84. The van der Waals surface area contributed by atoms with Crippen LogP contribution in [0.2, 0.25) is 0 Å². The Morgan fingerprint density at radius 1 is 1.38 bits per heavy atom. The Hall–Kier alpha value is -1.02. The molecule has 0 spiro atoms. The van der Waals surface area contributed by atoms with E-state index < -0.39 is 0 Å². The first-order valence-corrected chi connectivity index (χ1v) is 4.71. The van der Waals surface area contributed by atoms with Gasteiger partial charge in [-0.05, 0) is 13.0 Å². The fourth-order valence-corrected chi connectivity index (χ4v) is 1.95. The highest BCUT2D eigenvalue weighted by Gasteiger charge is 2.32. The quantitative estimate of drug-likeness (QED) is 0.711.